The minimum atomic E-state index is 0.150. The van der Waals surface area contributed by atoms with Gasteiger partial charge in [-0.15, -0.1) is 0 Å². The third-order valence-corrected chi connectivity index (χ3v) is 3.78. The van der Waals surface area contributed by atoms with E-state index in [4.69, 9.17) is 18.0 Å². The highest BCUT2D eigenvalue weighted by Crippen LogP contribution is 2.22. The minimum absolute atomic E-state index is 0.150. The fourth-order valence-corrected chi connectivity index (χ4v) is 2.74. The van der Waals surface area contributed by atoms with Gasteiger partial charge in [0.05, 0.1) is 11.7 Å². The van der Waals surface area contributed by atoms with Gasteiger partial charge in [-0.3, -0.25) is 10.4 Å². The van der Waals surface area contributed by atoms with Crippen LogP contribution in [0.3, 0.4) is 0 Å². The molecule has 0 aliphatic rings. The van der Waals surface area contributed by atoms with Gasteiger partial charge in [0.15, 0.2) is 5.11 Å². The lowest BCUT2D eigenvalue weighted by Crippen LogP contribution is -2.24. The van der Waals surface area contributed by atoms with E-state index < -0.39 is 0 Å². The summed E-state index contributed by atoms with van der Waals surface area (Å²) in [5.41, 5.74) is 13.3. The van der Waals surface area contributed by atoms with E-state index >= 15 is 0 Å². The largest absolute Gasteiger partial charge is 0.375 e. The van der Waals surface area contributed by atoms with Gasteiger partial charge in [-0.25, -0.2) is 0 Å². The molecule has 5 nitrogen and oxygen atoms in total. The molecule has 116 valence electrons. The molecule has 0 bridgehead atoms. The number of hydrogen-bond donors (Lipinski definition) is 2. The highest BCUT2D eigenvalue weighted by Gasteiger charge is 2.10. The third kappa shape index (κ3) is 3.07. The highest BCUT2D eigenvalue weighted by molar-refractivity contribution is 7.80. The van der Waals surface area contributed by atoms with Gasteiger partial charge in [-0.1, -0.05) is 6.07 Å². The van der Waals surface area contributed by atoms with Gasteiger partial charge < -0.3 is 10.3 Å². The zero-order valence-electron chi connectivity index (χ0n) is 12.9. The standard InChI is InChI=1S/C17H17N5S/c1-11-8-14(10-20-21-17(18)23)12(2)22(11)15-5-6-16-13(9-15)4-3-7-19-16/h3-10H,1-2H3,(H3,18,21,23). The van der Waals surface area contributed by atoms with E-state index in [0.29, 0.717) is 0 Å². The van der Waals surface area contributed by atoms with Crippen molar-refractivity contribution in [3.63, 3.8) is 0 Å². The van der Waals surface area contributed by atoms with Gasteiger partial charge in [-0.2, -0.15) is 5.10 Å². The Morgan fingerprint density at radius 1 is 1.30 bits per heavy atom. The van der Waals surface area contributed by atoms with E-state index in [9.17, 15) is 0 Å². The number of nitrogens with one attached hydrogen (secondary N) is 1. The number of fused-ring (bicyclic) bond motifs is 1. The first-order valence-corrected chi connectivity index (χ1v) is 7.59. The number of hydrogen-bond acceptors (Lipinski definition) is 3. The molecule has 0 atom stereocenters. The lowest BCUT2D eigenvalue weighted by atomic mass is 10.2. The van der Waals surface area contributed by atoms with Crippen molar-refractivity contribution in [1.82, 2.24) is 15.0 Å². The number of rotatable bonds is 3. The molecule has 3 aromatic rings. The number of pyridine rings is 1. The predicted molar refractivity (Wildman–Crippen MR) is 98.1 cm³/mol. The van der Waals surface area contributed by atoms with Crippen LogP contribution in [0.2, 0.25) is 0 Å². The van der Waals surface area contributed by atoms with Crippen LogP contribution in [-0.2, 0) is 0 Å². The van der Waals surface area contributed by atoms with Crippen LogP contribution in [0.15, 0.2) is 47.7 Å². The molecule has 0 aliphatic carbocycles. The normalized spacial score (nSPS) is 11.2. The number of aryl methyl sites for hydroxylation is 1. The molecule has 6 heteroatoms. The van der Waals surface area contributed by atoms with E-state index in [-0.39, 0.29) is 5.11 Å². The fourth-order valence-electron chi connectivity index (χ4n) is 2.68. The third-order valence-electron chi connectivity index (χ3n) is 3.69. The van der Waals surface area contributed by atoms with Crippen LogP contribution in [0.1, 0.15) is 17.0 Å². The topological polar surface area (TPSA) is 68.2 Å². The highest BCUT2D eigenvalue weighted by atomic mass is 32.1. The van der Waals surface area contributed by atoms with Crippen LogP contribution in [0, 0.1) is 13.8 Å². The van der Waals surface area contributed by atoms with E-state index in [1.807, 2.05) is 12.1 Å². The minimum Gasteiger partial charge on any atom is -0.375 e. The van der Waals surface area contributed by atoms with Gasteiger partial charge in [0.1, 0.15) is 0 Å². The molecular weight excluding hydrogens is 306 g/mol. The van der Waals surface area contributed by atoms with Gasteiger partial charge in [0.25, 0.3) is 0 Å². The summed E-state index contributed by atoms with van der Waals surface area (Å²) in [5, 5.41) is 5.30. The number of hydrazone groups is 1. The number of nitrogens with two attached hydrogens (primary N) is 1. The van der Waals surface area contributed by atoms with E-state index in [1.165, 1.54) is 0 Å². The van der Waals surface area contributed by atoms with Crippen molar-refractivity contribution in [3.05, 3.63) is 59.5 Å². The van der Waals surface area contributed by atoms with Gasteiger partial charge >= 0.3 is 0 Å². The monoisotopic (exact) mass is 323 g/mol. The van der Waals surface area contributed by atoms with Crippen molar-refractivity contribution in [2.75, 3.05) is 0 Å². The van der Waals surface area contributed by atoms with Crippen LogP contribution < -0.4 is 11.2 Å². The Kier molecular flexibility index (Phi) is 4.08. The summed E-state index contributed by atoms with van der Waals surface area (Å²) in [6, 6.07) is 12.3. The Hall–Kier alpha value is -2.73. The van der Waals surface area contributed by atoms with Crippen molar-refractivity contribution in [2.45, 2.75) is 13.8 Å². The summed E-state index contributed by atoms with van der Waals surface area (Å²) in [6.07, 6.45) is 3.53. The molecule has 0 amide bonds. The lowest BCUT2D eigenvalue weighted by molar-refractivity contribution is 0.965. The van der Waals surface area contributed by atoms with Crippen LogP contribution >= 0.6 is 12.2 Å². The number of nitrogens with zero attached hydrogens (tertiary/aromatic N) is 3. The first kappa shape index (κ1) is 15.2. The maximum atomic E-state index is 5.37. The Morgan fingerprint density at radius 3 is 2.91 bits per heavy atom. The molecule has 0 spiro atoms. The second-order valence-electron chi connectivity index (χ2n) is 5.28. The van der Waals surface area contributed by atoms with E-state index in [0.717, 1.165) is 33.5 Å². The Bertz CT molecular complexity index is 910. The number of thiocarbonyl (C=S) groups is 1. The molecule has 2 aromatic heterocycles. The molecule has 0 fully saturated rings. The SMILES string of the molecule is Cc1cc(C=NNC(N)=S)c(C)n1-c1ccc2ncccc2c1. The predicted octanol–water partition coefficient (Wildman–Crippen LogP) is 2.81. The maximum Gasteiger partial charge on any atom is 0.184 e. The molecule has 0 unspecified atom stereocenters. The van der Waals surface area contributed by atoms with Crippen LogP contribution in [0.4, 0.5) is 0 Å². The average Bonchev–Trinajstić information content (AvgIpc) is 2.81. The van der Waals surface area contributed by atoms with Crippen molar-refractivity contribution in [2.24, 2.45) is 10.8 Å². The van der Waals surface area contributed by atoms with Crippen molar-refractivity contribution in [1.29, 1.82) is 0 Å². The van der Waals surface area contributed by atoms with Gasteiger partial charge in [-0.05, 0) is 56.4 Å². The smallest absolute Gasteiger partial charge is 0.184 e. The van der Waals surface area contributed by atoms with Crippen molar-refractivity contribution in [3.8, 4) is 5.69 Å². The van der Waals surface area contributed by atoms with Gasteiger partial charge in [0, 0.05) is 34.2 Å². The summed E-state index contributed by atoms with van der Waals surface area (Å²) < 4.78 is 2.19. The summed E-state index contributed by atoms with van der Waals surface area (Å²) in [6.45, 7) is 4.13. The molecule has 3 N–H and O–H groups in total. The zero-order valence-corrected chi connectivity index (χ0v) is 13.8. The van der Waals surface area contributed by atoms with Gasteiger partial charge in [0.2, 0.25) is 0 Å². The lowest BCUT2D eigenvalue weighted by Gasteiger charge is -2.10. The fraction of sp³-hybridized carbons (Fsp3) is 0.118. The molecule has 23 heavy (non-hydrogen) atoms. The van der Waals surface area contributed by atoms with Crippen molar-refractivity contribution < 1.29 is 0 Å². The Balaban J connectivity index is 2.03. The Morgan fingerprint density at radius 2 is 2.13 bits per heavy atom. The van der Waals surface area contributed by atoms with E-state index in [2.05, 4.69) is 58.2 Å². The molecule has 0 aliphatic heterocycles. The molecule has 0 radical (unpaired) electrons. The second-order valence-corrected chi connectivity index (χ2v) is 5.72. The maximum absolute atomic E-state index is 5.37. The first-order chi connectivity index (χ1) is 11.1. The molecule has 0 saturated carbocycles. The summed E-state index contributed by atoms with van der Waals surface area (Å²) in [5.74, 6) is 0. The molecule has 0 saturated heterocycles. The molecule has 3 rings (SSSR count). The van der Waals surface area contributed by atoms with Crippen LogP contribution in [0.25, 0.3) is 16.6 Å². The quantitative estimate of drug-likeness (QED) is 0.442. The van der Waals surface area contributed by atoms with Crippen LogP contribution in [0.5, 0.6) is 0 Å². The average molecular weight is 323 g/mol. The second kappa shape index (κ2) is 6.18. The number of aromatic nitrogens is 2. The van der Waals surface area contributed by atoms with Crippen LogP contribution in [-0.4, -0.2) is 20.9 Å². The molecular formula is C17H17N5S. The molecule has 1 aromatic carbocycles. The Labute approximate surface area is 139 Å². The number of benzene rings is 1. The first-order valence-electron chi connectivity index (χ1n) is 7.19. The van der Waals surface area contributed by atoms with E-state index in [1.54, 1.807) is 12.4 Å². The summed E-state index contributed by atoms with van der Waals surface area (Å²) >= 11 is 4.74. The summed E-state index contributed by atoms with van der Waals surface area (Å²) in [4.78, 5) is 4.36. The van der Waals surface area contributed by atoms with Crippen molar-refractivity contribution >= 4 is 34.4 Å². The molecule has 2 heterocycles. The zero-order chi connectivity index (χ0) is 16.4. The summed E-state index contributed by atoms with van der Waals surface area (Å²) in [7, 11) is 0.